The smallest absolute Gasteiger partial charge is 0.333 e. The van der Waals surface area contributed by atoms with Gasteiger partial charge in [-0.15, -0.1) is 0 Å². The highest BCUT2D eigenvalue weighted by atomic mass is 16.5. The van der Waals surface area contributed by atoms with Crippen molar-refractivity contribution in [1.29, 1.82) is 0 Å². The molecule has 0 spiro atoms. The first kappa shape index (κ1) is 5.46. The zero-order chi connectivity index (χ0) is 6.97. The van der Waals surface area contributed by atoms with Crippen LogP contribution in [0.15, 0.2) is 16.8 Å². The van der Waals surface area contributed by atoms with Gasteiger partial charge < -0.3 is 10.1 Å². The molecule has 4 heteroatoms. The van der Waals surface area contributed by atoms with Gasteiger partial charge in [-0.25, -0.2) is 9.79 Å². The van der Waals surface area contributed by atoms with Crippen LogP contribution in [0.4, 0.5) is 0 Å². The highest BCUT2D eigenvalue weighted by molar-refractivity contribution is 5.86. The van der Waals surface area contributed by atoms with Crippen LogP contribution < -0.4 is 5.32 Å². The Hall–Kier alpha value is -1.32. The number of esters is 1. The van der Waals surface area contributed by atoms with E-state index in [-0.39, 0.29) is 12.0 Å². The number of carbonyl (C=O) groups is 1. The number of rotatable bonds is 0. The minimum Gasteiger partial charge on any atom is -0.459 e. The summed E-state index contributed by atoms with van der Waals surface area (Å²) in [4.78, 5) is 14.6. The average molecular weight is 138 g/mol. The van der Waals surface area contributed by atoms with Gasteiger partial charge in [-0.3, -0.25) is 0 Å². The summed E-state index contributed by atoms with van der Waals surface area (Å²) in [5.74, 6) is -0.211. The molecule has 0 amide bonds. The molecular weight excluding hydrogens is 132 g/mol. The summed E-state index contributed by atoms with van der Waals surface area (Å²) in [6.45, 7) is 0.383. The molecule has 1 saturated heterocycles. The van der Waals surface area contributed by atoms with Crippen molar-refractivity contribution in [2.45, 2.75) is 6.04 Å². The number of cyclic esters (lactones) is 1. The van der Waals surface area contributed by atoms with Gasteiger partial charge in [-0.05, 0) is 0 Å². The van der Waals surface area contributed by atoms with Crippen molar-refractivity contribution in [1.82, 2.24) is 5.32 Å². The van der Waals surface area contributed by atoms with E-state index < -0.39 is 0 Å². The second-order valence-electron chi connectivity index (χ2n) is 2.19. The van der Waals surface area contributed by atoms with E-state index in [1.165, 1.54) is 6.34 Å². The lowest BCUT2D eigenvalue weighted by Crippen LogP contribution is -2.34. The number of fused-ring (bicyclic) bond motifs is 1. The van der Waals surface area contributed by atoms with Gasteiger partial charge in [0.15, 0.2) is 6.04 Å². The first-order valence-electron chi connectivity index (χ1n) is 3.01. The van der Waals surface area contributed by atoms with E-state index in [0.29, 0.717) is 6.61 Å². The number of carbonyl (C=O) groups excluding carboxylic acids is 1. The monoisotopic (exact) mass is 138 g/mol. The minimum atomic E-state index is -0.266. The van der Waals surface area contributed by atoms with Gasteiger partial charge in [0, 0.05) is 11.8 Å². The third kappa shape index (κ3) is 0.618. The molecule has 10 heavy (non-hydrogen) atoms. The summed E-state index contributed by atoms with van der Waals surface area (Å²) >= 11 is 0. The first-order valence-corrected chi connectivity index (χ1v) is 3.01. The van der Waals surface area contributed by atoms with Crippen LogP contribution in [0.2, 0.25) is 0 Å². The molecule has 0 aromatic heterocycles. The molecule has 1 N–H and O–H groups in total. The third-order valence-electron chi connectivity index (χ3n) is 1.54. The Morgan fingerprint density at radius 1 is 1.80 bits per heavy atom. The van der Waals surface area contributed by atoms with Crippen LogP contribution in [0, 0.1) is 0 Å². The maximum atomic E-state index is 10.8. The summed E-state index contributed by atoms with van der Waals surface area (Å²) in [6.07, 6.45) is 3.16. The second kappa shape index (κ2) is 1.83. The number of hydrogen-bond donors (Lipinski definition) is 1. The molecule has 0 saturated carbocycles. The number of nitrogens with one attached hydrogen (secondary N) is 1. The molecule has 2 heterocycles. The zero-order valence-corrected chi connectivity index (χ0v) is 5.20. The van der Waals surface area contributed by atoms with E-state index in [4.69, 9.17) is 4.74 Å². The largest absolute Gasteiger partial charge is 0.459 e. The maximum absolute atomic E-state index is 10.8. The normalized spacial score (nSPS) is 28.6. The molecule has 52 valence electrons. The molecule has 2 aliphatic rings. The number of ether oxygens (including phenoxy) is 1. The van der Waals surface area contributed by atoms with E-state index in [9.17, 15) is 4.79 Å². The Morgan fingerprint density at radius 3 is 3.50 bits per heavy atom. The molecule has 0 aliphatic carbocycles. The molecule has 1 atom stereocenters. The van der Waals surface area contributed by atoms with Crippen LogP contribution in [0.3, 0.4) is 0 Å². The highest BCUT2D eigenvalue weighted by Gasteiger charge is 2.31. The second-order valence-corrected chi connectivity index (χ2v) is 2.19. The standard InChI is InChI=1S/C6H6N2O2/c9-6-5-4(2-10-6)1-7-3-8-5/h1,3,5H,2H2,(H,7,8). The van der Waals surface area contributed by atoms with Crippen LogP contribution in [0.1, 0.15) is 0 Å². The third-order valence-corrected chi connectivity index (χ3v) is 1.54. The quantitative estimate of drug-likeness (QED) is 0.456. The van der Waals surface area contributed by atoms with Crippen LogP contribution in [0.25, 0.3) is 0 Å². The van der Waals surface area contributed by atoms with Crippen LogP contribution in [-0.2, 0) is 9.53 Å². The highest BCUT2D eigenvalue weighted by Crippen LogP contribution is 2.14. The van der Waals surface area contributed by atoms with Gasteiger partial charge >= 0.3 is 5.97 Å². The van der Waals surface area contributed by atoms with Crippen molar-refractivity contribution >= 4 is 12.3 Å². The van der Waals surface area contributed by atoms with Crippen molar-refractivity contribution in [2.75, 3.05) is 6.61 Å². The summed E-state index contributed by atoms with van der Waals surface area (Å²) in [7, 11) is 0. The molecule has 0 aromatic rings. The average Bonchev–Trinajstić information content (AvgIpc) is 2.34. The molecular formula is C6H6N2O2. The van der Waals surface area contributed by atoms with Crippen LogP contribution in [0.5, 0.6) is 0 Å². The lowest BCUT2D eigenvalue weighted by Gasteiger charge is -2.08. The number of hydrogen-bond acceptors (Lipinski definition) is 4. The van der Waals surface area contributed by atoms with E-state index in [2.05, 4.69) is 10.3 Å². The molecule has 4 nitrogen and oxygen atoms in total. The van der Waals surface area contributed by atoms with Crippen molar-refractivity contribution < 1.29 is 9.53 Å². The van der Waals surface area contributed by atoms with Gasteiger partial charge in [-0.2, -0.15) is 0 Å². The zero-order valence-electron chi connectivity index (χ0n) is 5.20. The fourth-order valence-electron chi connectivity index (χ4n) is 1.01. The SMILES string of the molecule is O=C1OCC2=CN=CNC12. The Morgan fingerprint density at radius 2 is 2.70 bits per heavy atom. The summed E-state index contributed by atoms with van der Waals surface area (Å²) < 4.78 is 4.75. The molecule has 2 aliphatic heterocycles. The Kier molecular flexibility index (Phi) is 1.00. The molecule has 0 bridgehead atoms. The lowest BCUT2D eigenvalue weighted by atomic mass is 10.1. The van der Waals surface area contributed by atoms with Gasteiger partial charge in [0.2, 0.25) is 0 Å². The van der Waals surface area contributed by atoms with Crippen molar-refractivity contribution in [3.8, 4) is 0 Å². The van der Waals surface area contributed by atoms with Gasteiger partial charge in [0.1, 0.15) is 6.61 Å². The first-order chi connectivity index (χ1) is 4.88. The molecule has 0 aromatic carbocycles. The Balaban J connectivity index is 2.31. The Labute approximate surface area is 57.6 Å². The van der Waals surface area contributed by atoms with E-state index in [1.807, 2.05) is 0 Å². The van der Waals surface area contributed by atoms with Gasteiger partial charge in [-0.1, -0.05) is 0 Å². The lowest BCUT2D eigenvalue weighted by molar-refractivity contribution is -0.139. The fourth-order valence-corrected chi connectivity index (χ4v) is 1.01. The maximum Gasteiger partial charge on any atom is 0.333 e. The summed E-state index contributed by atoms with van der Waals surface area (Å²) in [5, 5.41) is 2.80. The fraction of sp³-hybridized carbons (Fsp3) is 0.333. The van der Waals surface area contributed by atoms with Crippen molar-refractivity contribution in [2.24, 2.45) is 4.99 Å². The predicted octanol–water partition coefficient (Wildman–Crippen LogP) is -0.573. The Bertz CT molecular complexity index is 232. The van der Waals surface area contributed by atoms with E-state index in [0.717, 1.165) is 5.57 Å². The van der Waals surface area contributed by atoms with Crippen molar-refractivity contribution in [3.63, 3.8) is 0 Å². The number of nitrogens with zero attached hydrogens (tertiary/aromatic N) is 1. The van der Waals surface area contributed by atoms with Gasteiger partial charge in [0.25, 0.3) is 0 Å². The predicted molar refractivity (Wildman–Crippen MR) is 34.5 cm³/mol. The van der Waals surface area contributed by atoms with Crippen LogP contribution in [-0.4, -0.2) is 25.0 Å². The summed E-state index contributed by atoms with van der Waals surface area (Å²) in [5.41, 5.74) is 0.910. The molecule has 2 rings (SSSR count). The van der Waals surface area contributed by atoms with Crippen molar-refractivity contribution in [3.05, 3.63) is 11.8 Å². The minimum absolute atomic E-state index is 0.211. The number of aliphatic imine (C=N–C) groups is 1. The van der Waals surface area contributed by atoms with E-state index in [1.54, 1.807) is 6.20 Å². The van der Waals surface area contributed by atoms with E-state index >= 15 is 0 Å². The topological polar surface area (TPSA) is 50.7 Å². The molecule has 1 unspecified atom stereocenters. The molecule has 1 fully saturated rings. The van der Waals surface area contributed by atoms with Crippen LogP contribution >= 0.6 is 0 Å². The van der Waals surface area contributed by atoms with Gasteiger partial charge in [0.05, 0.1) is 6.34 Å². The molecule has 0 radical (unpaired) electrons. The summed E-state index contributed by atoms with van der Waals surface area (Å²) in [6, 6.07) is -0.266.